The normalized spacial score (nSPS) is 11.8. The van der Waals surface area contributed by atoms with Gasteiger partial charge in [-0.1, -0.05) is 6.07 Å². The molecule has 40 heavy (non-hydrogen) atoms. The van der Waals surface area contributed by atoms with Crippen LogP contribution in [0.25, 0.3) is 16.6 Å². The van der Waals surface area contributed by atoms with Gasteiger partial charge in [-0.05, 0) is 67.4 Å². The predicted octanol–water partition coefficient (Wildman–Crippen LogP) is 4.27. The van der Waals surface area contributed by atoms with Crippen molar-refractivity contribution in [2.75, 3.05) is 21.3 Å². The summed E-state index contributed by atoms with van der Waals surface area (Å²) in [6, 6.07) is 11.6. The molecule has 0 fully saturated rings. The molecule has 1 aromatic heterocycles. The Bertz CT molecular complexity index is 1590. The molecule has 0 aliphatic rings. The molecular weight excluding hydrogens is 539 g/mol. The number of ether oxygens (including phenoxy) is 4. The molecule has 0 spiro atoms. The van der Waals surface area contributed by atoms with Crippen LogP contribution in [0.4, 0.5) is 4.39 Å². The monoisotopic (exact) mass is 565 g/mol. The second-order valence-electron chi connectivity index (χ2n) is 8.96. The Morgan fingerprint density at radius 3 is 2.10 bits per heavy atom. The van der Waals surface area contributed by atoms with E-state index in [1.165, 1.54) is 45.6 Å². The number of aromatic nitrogens is 2. The Labute approximate surface area is 234 Å². The summed E-state index contributed by atoms with van der Waals surface area (Å²) >= 11 is 0.975. The highest BCUT2D eigenvalue weighted by Crippen LogP contribution is 2.39. The van der Waals surface area contributed by atoms with Crippen molar-refractivity contribution in [1.29, 1.82) is 0 Å². The van der Waals surface area contributed by atoms with Crippen LogP contribution in [0.1, 0.15) is 35.3 Å². The smallest absolute Gasteiger partial charge is 0.203 e. The predicted molar refractivity (Wildman–Crippen MR) is 146 cm³/mol. The summed E-state index contributed by atoms with van der Waals surface area (Å²) in [7, 11) is 4.33. The number of carboxylic acid groups (broad SMARTS) is 1. The zero-order chi connectivity index (χ0) is 29.0. The van der Waals surface area contributed by atoms with E-state index in [0.717, 1.165) is 17.8 Å². The van der Waals surface area contributed by atoms with Gasteiger partial charge in [0.25, 0.3) is 0 Å². The molecule has 0 aliphatic heterocycles. The number of Topliss-reactive ketones (excluding diaryl/α,β-unsaturated/α-hetero) is 1. The molecular formula is C29H26FN2O7S-. The van der Waals surface area contributed by atoms with Crippen molar-refractivity contribution in [3.63, 3.8) is 0 Å². The van der Waals surface area contributed by atoms with Crippen LogP contribution in [0.15, 0.2) is 54.1 Å². The molecule has 4 rings (SSSR count). The Hall–Kier alpha value is -4.51. The minimum Gasteiger partial charge on any atom is -0.545 e. The molecule has 0 atom stereocenters. The number of halogens is 1. The molecule has 11 heteroatoms. The number of carbonyl (C=O) groups excluding carboxylic acids is 2. The molecule has 208 valence electrons. The van der Waals surface area contributed by atoms with E-state index >= 15 is 0 Å². The number of rotatable bonds is 11. The van der Waals surface area contributed by atoms with Crippen LogP contribution < -0.4 is 24.1 Å². The summed E-state index contributed by atoms with van der Waals surface area (Å²) in [5, 5.41) is 12.6. The van der Waals surface area contributed by atoms with Crippen molar-refractivity contribution in [2.45, 2.75) is 26.4 Å². The highest BCUT2D eigenvalue weighted by molar-refractivity contribution is 7.00. The summed E-state index contributed by atoms with van der Waals surface area (Å²) in [6.45, 7) is 3.50. The minimum atomic E-state index is -1.58. The summed E-state index contributed by atoms with van der Waals surface area (Å²) in [5.74, 6) is -2.11. The van der Waals surface area contributed by atoms with E-state index in [-0.39, 0.29) is 40.5 Å². The van der Waals surface area contributed by atoms with Gasteiger partial charge in [0.2, 0.25) is 5.75 Å². The number of aliphatic carboxylic acids is 1. The lowest BCUT2D eigenvalue weighted by molar-refractivity contribution is -0.295. The first kappa shape index (κ1) is 28.5. The van der Waals surface area contributed by atoms with Crippen LogP contribution in [0.2, 0.25) is 0 Å². The number of nitrogens with zero attached hydrogens (tertiary/aromatic N) is 2. The van der Waals surface area contributed by atoms with Crippen LogP contribution in [0.3, 0.4) is 0 Å². The number of hydrogen-bond acceptors (Lipinski definition) is 10. The SMILES string of the molecule is COc1cc(C/C(C(=O)c2ccc(OC(C)C)c(F)c2)=C(/C(=O)[O-])c2ccc3nsnc3c2)cc(OC)c1OC. The highest BCUT2D eigenvalue weighted by Gasteiger charge is 2.24. The maximum Gasteiger partial charge on any atom is 0.203 e. The molecule has 0 bridgehead atoms. The fourth-order valence-corrected chi connectivity index (χ4v) is 4.76. The van der Waals surface area contributed by atoms with Gasteiger partial charge in [0.1, 0.15) is 11.0 Å². The van der Waals surface area contributed by atoms with E-state index in [4.69, 9.17) is 18.9 Å². The molecule has 0 unspecified atom stereocenters. The van der Waals surface area contributed by atoms with Crippen molar-refractivity contribution < 1.29 is 38.0 Å². The second-order valence-corrected chi connectivity index (χ2v) is 9.49. The molecule has 0 aliphatic carbocycles. The van der Waals surface area contributed by atoms with Gasteiger partial charge in [-0.25, -0.2) is 4.39 Å². The van der Waals surface area contributed by atoms with Gasteiger partial charge >= 0.3 is 0 Å². The van der Waals surface area contributed by atoms with Gasteiger partial charge in [0, 0.05) is 23.1 Å². The van der Waals surface area contributed by atoms with Gasteiger partial charge in [-0.2, -0.15) is 8.75 Å². The van der Waals surface area contributed by atoms with Gasteiger partial charge in [0.05, 0.1) is 45.1 Å². The van der Waals surface area contributed by atoms with Crippen molar-refractivity contribution in [3.05, 3.63) is 76.6 Å². The molecule has 1 heterocycles. The van der Waals surface area contributed by atoms with Crippen LogP contribution >= 0.6 is 11.7 Å². The number of allylic oxidation sites excluding steroid dienone is 1. The largest absolute Gasteiger partial charge is 0.545 e. The number of ketones is 1. The number of methoxy groups -OCH3 is 3. The third-order valence-corrected chi connectivity index (χ3v) is 6.54. The molecule has 4 aromatic rings. The Morgan fingerprint density at radius 1 is 0.875 bits per heavy atom. The van der Waals surface area contributed by atoms with E-state index in [9.17, 15) is 19.1 Å². The number of fused-ring (bicyclic) bond motifs is 1. The maximum absolute atomic E-state index is 14.9. The first-order valence-electron chi connectivity index (χ1n) is 12.1. The third-order valence-electron chi connectivity index (χ3n) is 5.98. The van der Waals surface area contributed by atoms with E-state index in [0.29, 0.717) is 33.8 Å². The number of hydrogen-bond donors (Lipinski definition) is 0. The third kappa shape index (κ3) is 5.89. The molecule has 0 saturated carbocycles. The van der Waals surface area contributed by atoms with Crippen LogP contribution in [-0.2, 0) is 11.2 Å². The van der Waals surface area contributed by atoms with Crippen LogP contribution in [0.5, 0.6) is 23.0 Å². The summed E-state index contributed by atoms with van der Waals surface area (Å²) in [6.07, 6.45) is -0.468. The number of carboxylic acids is 1. The quantitative estimate of drug-likeness (QED) is 0.194. The van der Waals surface area contributed by atoms with Crippen molar-refractivity contribution in [3.8, 4) is 23.0 Å². The molecule has 0 amide bonds. The molecule has 9 nitrogen and oxygen atoms in total. The fraction of sp³-hybridized carbons (Fsp3) is 0.241. The lowest BCUT2D eigenvalue weighted by Crippen LogP contribution is -2.27. The Morgan fingerprint density at radius 2 is 1.52 bits per heavy atom. The molecule has 0 saturated heterocycles. The summed E-state index contributed by atoms with van der Waals surface area (Å²) < 4.78 is 44.9. The van der Waals surface area contributed by atoms with Gasteiger partial charge < -0.3 is 28.8 Å². The van der Waals surface area contributed by atoms with Crippen LogP contribution in [-0.4, -0.2) is 47.9 Å². The summed E-state index contributed by atoms with van der Waals surface area (Å²) in [4.78, 5) is 26.5. The summed E-state index contributed by atoms with van der Waals surface area (Å²) in [5.41, 5.74) is 1.13. The Kier molecular flexibility index (Phi) is 8.64. The van der Waals surface area contributed by atoms with E-state index in [2.05, 4.69) is 8.75 Å². The topological polar surface area (TPSA) is 120 Å². The van der Waals surface area contributed by atoms with Gasteiger partial charge in [0.15, 0.2) is 28.8 Å². The second kappa shape index (κ2) is 12.1. The zero-order valence-corrected chi connectivity index (χ0v) is 23.3. The van der Waals surface area contributed by atoms with Crippen molar-refractivity contribution >= 4 is 40.1 Å². The van der Waals surface area contributed by atoms with E-state index < -0.39 is 17.6 Å². The fourth-order valence-electron chi connectivity index (χ4n) is 4.24. The zero-order valence-electron chi connectivity index (χ0n) is 22.4. The highest BCUT2D eigenvalue weighted by atomic mass is 32.1. The molecule has 3 aromatic carbocycles. The number of benzene rings is 3. The first-order chi connectivity index (χ1) is 19.2. The van der Waals surface area contributed by atoms with E-state index in [1.54, 1.807) is 32.0 Å². The average Bonchev–Trinajstić information content (AvgIpc) is 3.40. The lowest BCUT2D eigenvalue weighted by atomic mass is 9.89. The van der Waals surface area contributed by atoms with Crippen LogP contribution in [0, 0.1) is 5.82 Å². The molecule has 0 radical (unpaired) electrons. The van der Waals surface area contributed by atoms with E-state index in [1.807, 2.05) is 0 Å². The van der Waals surface area contributed by atoms with Gasteiger partial charge in [-0.15, -0.1) is 0 Å². The minimum absolute atomic E-state index is 0.0247. The standard InChI is InChI=1S/C29H27FN2O7S/c1-15(2)39-23-9-7-18(13-20(23)30)27(33)19(10-16-11-24(36-3)28(38-5)25(12-16)37-4)26(29(34)35)17-6-8-21-22(14-17)32-40-31-21/h6-9,11-15H,10H2,1-5H3,(H,34,35)/p-1/b26-19-. The van der Waals surface area contributed by atoms with Crippen molar-refractivity contribution in [2.24, 2.45) is 0 Å². The number of carbonyl (C=O) groups is 2. The van der Waals surface area contributed by atoms with Gasteiger partial charge in [-0.3, -0.25) is 4.79 Å². The molecule has 0 N–H and O–H groups in total. The lowest BCUT2D eigenvalue weighted by Gasteiger charge is -2.19. The maximum atomic E-state index is 14.9. The van der Waals surface area contributed by atoms with Crippen molar-refractivity contribution in [1.82, 2.24) is 8.75 Å². The first-order valence-corrected chi connectivity index (χ1v) is 12.9. The Balaban J connectivity index is 1.92. The average molecular weight is 566 g/mol.